The highest BCUT2D eigenvalue weighted by atomic mass is 16.2. The van der Waals surface area contributed by atoms with Crippen LogP contribution in [0.1, 0.15) is 38.3 Å². The van der Waals surface area contributed by atoms with E-state index < -0.39 is 5.41 Å². The lowest BCUT2D eigenvalue weighted by Crippen LogP contribution is -2.38. The Morgan fingerprint density at radius 3 is 2.84 bits per heavy atom. The Hall–Kier alpha value is -1.36. The van der Waals surface area contributed by atoms with Crippen LogP contribution in [-0.2, 0) is 11.3 Å². The van der Waals surface area contributed by atoms with E-state index in [0.717, 1.165) is 25.9 Å². The highest BCUT2D eigenvalue weighted by molar-refractivity contribution is 5.81. The molecule has 1 aliphatic heterocycles. The van der Waals surface area contributed by atoms with E-state index in [1.165, 1.54) is 5.69 Å². The largest absolute Gasteiger partial charge is 0.359 e. The first-order valence-electron chi connectivity index (χ1n) is 6.97. The molecule has 1 aliphatic rings. The molecule has 0 radical (unpaired) electrons. The van der Waals surface area contributed by atoms with Crippen molar-refractivity contribution in [2.75, 3.05) is 20.1 Å². The second-order valence-electron chi connectivity index (χ2n) is 5.93. The third kappa shape index (κ3) is 3.15. The van der Waals surface area contributed by atoms with Gasteiger partial charge < -0.3 is 15.2 Å². The van der Waals surface area contributed by atoms with Crippen molar-refractivity contribution in [1.29, 1.82) is 0 Å². The van der Waals surface area contributed by atoms with Crippen molar-refractivity contribution in [2.24, 2.45) is 5.41 Å². The quantitative estimate of drug-likeness (QED) is 0.857. The molecular weight excluding hydrogens is 240 g/mol. The molecule has 0 aliphatic carbocycles. The summed E-state index contributed by atoms with van der Waals surface area (Å²) in [5.41, 5.74) is 0.843. The van der Waals surface area contributed by atoms with Gasteiger partial charge in [-0.05, 0) is 39.8 Å². The first kappa shape index (κ1) is 14.1. The molecule has 5 heteroatoms. The molecule has 0 unspecified atom stereocenters. The summed E-state index contributed by atoms with van der Waals surface area (Å²) in [4.78, 5) is 16.2. The van der Waals surface area contributed by atoms with E-state index in [0.29, 0.717) is 12.5 Å². The fraction of sp³-hybridized carbons (Fsp3) is 0.714. The predicted molar refractivity (Wildman–Crippen MR) is 74.9 cm³/mol. The van der Waals surface area contributed by atoms with Gasteiger partial charge in [0.2, 0.25) is 5.91 Å². The van der Waals surface area contributed by atoms with Crippen LogP contribution >= 0.6 is 0 Å². The summed E-state index contributed by atoms with van der Waals surface area (Å²) < 4.78 is 2.14. The third-order valence-corrected chi connectivity index (χ3v) is 3.91. The fourth-order valence-electron chi connectivity index (χ4n) is 2.76. The number of nitrogens with one attached hydrogen (secondary N) is 2. The molecular formula is C14H24N4O. The number of nitrogens with zero attached hydrogens (tertiary/aromatic N) is 2. The van der Waals surface area contributed by atoms with Gasteiger partial charge in [0.25, 0.3) is 0 Å². The maximum absolute atomic E-state index is 11.9. The number of carbonyl (C=O) groups is 1. The number of rotatable bonds is 4. The van der Waals surface area contributed by atoms with Crippen molar-refractivity contribution in [1.82, 2.24) is 20.2 Å². The minimum absolute atomic E-state index is 0.0671. The molecule has 2 N–H and O–H groups in total. The number of carbonyl (C=O) groups excluding carboxylic acids is 1. The van der Waals surface area contributed by atoms with Gasteiger partial charge in [-0.1, -0.05) is 0 Å². The molecule has 1 amide bonds. The van der Waals surface area contributed by atoms with Gasteiger partial charge in [-0.25, -0.2) is 4.98 Å². The van der Waals surface area contributed by atoms with Gasteiger partial charge in [0.1, 0.15) is 0 Å². The summed E-state index contributed by atoms with van der Waals surface area (Å²) in [7, 11) is 1.69. The maximum atomic E-state index is 11.9. The second-order valence-corrected chi connectivity index (χ2v) is 5.93. The van der Waals surface area contributed by atoms with E-state index in [9.17, 15) is 4.79 Å². The zero-order valence-corrected chi connectivity index (χ0v) is 12.1. The van der Waals surface area contributed by atoms with Crippen LogP contribution in [0.15, 0.2) is 12.5 Å². The van der Waals surface area contributed by atoms with E-state index in [4.69, 9.17) is 0 Å². The monoisotopic (exact) mass is 264 g/mol. The van der Waals surface area contributed by atoms with Crippen LogP contribution in [0, 0.1) is 5.41 Å². The summed E-state index contributed by atoms with van der Waals surface area (Å²) in [6, 6.07) is 0. The van der Waals surface area contributed by atoms with Gasteiger partial charge in [-0.2, -0.15) is 0 Å². The van der Waals surface area contributed by atoms with Crippen LogP contribution in [0.5, 0.6) is 0 Å². The van der Waals surface area contributed by atoms with Gasteiger partial charge in [-0.15, -0.1) is 0 Å². The molecule has 19 heavy (non-hydrogen) atoms. The fourth-order valence-corrected chi connectivity index (χ4v) is 2.76. The number of imidazole rings is 1. The zero-order chi connectivity index (χ0) is 13.9. The molecule has 1 fully saturated rings. The predicted octanol–water partition coefficient (Wildman–Crippen LogP) is 1.12. The SMILES string of the molecule is CNC(=O)C(C)(C)Cn1cncc1C1CCNCC1. The van der Waals surface area contributed by atoms with E-state index in [2.05, 4.69) is 20.2 Å². The van der Waals surface area contributed by atoms with Crippen molar-refractivity contribution >= 4 is 5.91 Å². The molecule has 0 spiro atoms. The topological polar surface area (TPSA) is 59.0 Å². The average molecular weight is 264 g/mol. The second kappa shape index (κ2) is 5.74. The van der Waals surface area contributed by atoms with Gasteiger partial charge in [0.05, 0.1) is 11.7 Å². The van der Waals surface area contributed by atoms with Crippen LogP contribution in [0.3, 0.4) is 0 Å². The van der Waals surface area contributed by atoms with E-state index in [1.54, 1.807) is 7.05 Å². The van der Waals surface area contributed by atoms with Crippen LogP contribution in [0.2, 0.25) is 0 Å². The number of hydrogen-bond acceptors (Lipinski definition) is 3. The van der Waals surface area contributed by atoms with Crippen LogP contribution in [0.25, 0.3) is 0 Å². The molecule has 106 valence electrons. The summed E-state index contributed by atoms with van der Waals surface area (Å²) in [5.74, 6) is 0.627. The van der Waals surface area contributed by atoms with Crippen LogP contribution < -0.4 is 10.6 Å². The molecule has 1 saturated heterocycles. The van der Waals surface area contributed by atoms with Crippen molar-refractivity contribution in [3.63, 3.8) is 0 Å². The highest BCUT2D eigenvalue weighted by Gasteiger charge is 2.29. The van der Waals surface area contributed by atoms with Crippen molar-refractivity contribution in [3.05, 3.63) is 18.2 Å². The Morgan fingerprint density at radius 2 is 2.21 bits per heavy atom. The first-order valence-corrected chi connectivity index (χ1v) is 6.97. The molecule has 0 aromatic carbocycles. The van der Waals surface area contributed by atoms with Crippen LogP contribution in [-0.4, -0.2) is 35.6 Å². The Morgan fingerprint density at radius 1 is 1.53 bits per heavy atom. The summed E-state index contributed by atoms with van der Waals surface area (Å²) in [5, 5.41) is 6.11. The number of amides is 1. The van der Waals surface area contributed by atoms with E-state index in [1.807, 2.05) is 26.4 Å². The normalized spacial score (nSPS) is 17.4. The third-order valence-electron chi connectivity index (χ3n) is 3.91. The minimum Gasteiger partial charge on any atom is -0.359 e. The summed E-state index contributed by atoms with van der Waals surface area (Å²) >= 11 is 0. The first-order chi connectivity index (χ1) is 9.04. The maximum Gasteiger partial charge on any atom is 0.227 e. The van der Waals surface area contributed by atoms with Gasteiger partial charge in [-0.3, -0.25) is 4.79 Å². The van der Waals surface area contributed by atoms with Gasteiger partial charge in [0, 0.05) is 31.4 Å². The number of piperidine rings is 1. The Labute approximate surface area is 114 Å². The molecule has 0 atom stereocenters. The molecule has 2 rings (SSSR count). The van der Waals surface area contributed by atoms with E-state index >= 15 is 0 Å². The molecule has 5 nitrogen and oxygen atoms in total. The van der Waals surface area contributed by atoms with Crippen LogP contribution in [0.4, 0.5) is 0 Å². The Kier molecular flexibility index (Phi) is 4.24. The molecule has 2 heterocycles. The lowest BCUT2D eigenvalue weighted by molar-refractivity contribution is -0.129. The molecule has 0 bridgehead atoms. The van der Waals surface area contributed by atoms with Crippen molar-refractivity contribution < 1.29 is 4.79 Å². The minimum atomic E-state index is -0.420. The van der Waals surface area contributed by atoms with Gasteiger partial charge in [0.15, 0.2) is 0 Å². The Bertz CT molecular complexity index is 432. The van der Waals surface area contributed by atoms with E-state index in [-0.39, 0.29) is 5.91 Å². The lowest BCUT2D eigenvalue weighted by atomic mass is 9.90. The number of hydrogen-bond donors (Lipinski definition) is 2. The molecule has 1 aromatic rings. The standard InChI is InChI=1S/C14H24N4O/c1-14(2,13(19)15-3)9-18-10-17-8-12(18)11-4-6-16-7-5-11/h8,10-11,16H,4-7,9H2,1-3H3,(H,15,19). The summed E-state index contributed by atoms with van der Waals surface area (Å²) in [6.45, 7) is 6.74. The van der Waals surface area contributed by atoms with Crippen molar-refractivity contribution in [3.8, 4) is 0 Å². The van der Waals surface area contributed by atoms with Crippen molar-refractivity contribution in [2.45, 2.75) is 39.2 Å². The average Bonchev–Trinajstić information content (AvgIpc) is 2.86. The highest BCUT2D eigenvalue weighted by Crippen LogP contribution is 2.27. The molecule has 1 aromatic heterocycles. The smallest absolute Gasteiger partial charge is 0.227 e. The zero-order valence-electron chi connectivity index (χ0n) is 12.1. The molecule has 0 saturated carbocycles. The lowest BCUT2D eigenvalue weighted by Gasteiger charge is -2.28. The van der Waals surface area contributed by atoms with Gasteiger partial charge >= 0.3 is 0 Å². The number of aromatic nitrogens is 2. The summed E-state index contributed by atoms with van der Waals surface area (Å²) in [6.07, 6.45) is 6.09. The Balaban J connectivity index is 2.13.